The number of halogens is 2. The molecule has 0 fully saturated rings. The molecular formula is C15H14BrFN2. The molecule has 2 aromatic rings. The number of fused-ring (bicyclic) bond motifs is 1. The minimum absolute atomic E-state index is 0.321. The molecule has 0 amide bonds. The number of rotatable bonds is 1. The van der Waals surface area contributed by atoms with Crippen molar-refractivity contribution in [1.82, 2.24) is 0 Å². The molecule has 2 aromatic carbocycles. The first-order valence-electron chi connectivity index (χ1n) is 6.21. The highest BCUT2D eigenvalue weighted by molar-refractivity contribution is 9.10. The summed E-state index contributed by atoms with van der Waals surface area (Å²) < 4.78 is 13.9. The van der Waals surface area contributed by atoms with Gasteiger partial charge in [-0.3, -0.25) is 0 Å². The van der Waals surface area contributed by atoms with Crippen LogP contribution >= 0.6 is 15.9 Å². The van der Waals surface area contributed by atoms with Crippen molar-refractivity contribution in [2.24, 2.45) is 0 Å². The van der Waals surface area contributed by atoms with E-state index in [1.54, 1.807) is 6.07 Å². The van der Waals surface area contributed by atoms with Crippen LogP contribution in [0.25, 0.3) is 0 Å². The Balaban J connectivity index is 1.95. The van der Waals surface area contributed by atoms with E-state index < -0.39 is 0 Å². The zero-order valence-electron chi connectivity index (χ0n) is 10.4. The van der Waals surface area contributed by atoms with Gasteiger partial charge in [-0.25, -0.2) is 4.39 Å². The van der Waals surface area contributed by atoms with Crippen LogP contribution in [0.2, 0.25) is 0 Å². The van der Waals surface area contributed by atoms with Crippen molar-refractivity contribution < 1.29 is 4.39 Å². The van der Waals surface area contributed by atoms with E-state index in [1.807, 2.05) is 6.07 Å². The first-order chi connectivity index (χ1) is 9.15. The average Bonchev–Trinajstić information content (AvgIpc) is 2.42. The SMILES string of the molecule is Nc1cc(F)c(Br)cc1N1CCc2ccccc2C1. The van der Waals surface area contributed by atoms with Gasteiger partial charge in [0.15, 0.2) is 0 Å². The van der Waals surface area contributed by atoms with E-state index in [0.29, 0.717) is 10.2 Å². The lowest BCUT2D eigenvalue weighted by molar-refractivity contribution is 0.621. The van der Waals surface area contributed by atoms with Crippen molar-refractivity contribution in [1.29, 1.82) is 0 Å². The van der Waals surface area contributed by atoms with Crippen molar-refractivity contribution in [2.75, 3.05) is 17.2 Å². The first-order valence-corrected chi connectivity index (χ1v) is 7.00. The van der Waals surface area contributed by atoms with E-state index in [1.165, 1.54) is 17.2 Å². The topological polar surface area (TPSA) is 29.3 Å². The molecule has 2 N–H and O–H groups in total. The van der Waals surface area contributed by atoms with Gasteiger partial charge in [0, 0.05) is 19.2 Å². The summed E-state index contributed by atoms with van der Waals surface area (Å²) in [6.45, 7) is 1.72. The quantitative estimate of drug-likeness (QED) is 0.811. The van der Waals surface area contributed by atoms with Gasteiger partial charge in [0.1, 0.15) is 5.82 Å². The summed E-state index contributed by atoms with van der Waals surface area (Å²) in [6, 6.07) is 11.6. The van der Waals surface area contributed by atoms with Crippen LogP contribution in [-0.2, 0) is 13.0 Å². The van der Waals surface area contributed by atoms with Gasteiger partial charge in [0.2, 0.25) is 0 Å². The smallest absolute Gasteiger partial charge is 0.139 e. The summed E-state index contributed by atoms with van der Waals surface area (Å²) in [6.07, 6.45) is 0.991. The highest BCUT2D eigenvalue weighted by Gasteiger charge is 2.18. The molecule has 0 spiro atoms. The third kappa shape index (κ3) is 2.32. The van der Waals surface area contributed by atoms with E-state index in [0.717, 1.165) is 25.2 Å². The van der Waals surface area contributed by atoms with Gasteiger partial charge in [-0.1, -0.05) is 24.3 Å². The maximum Gasteiger partial charge on any atom is 0.139 e. The van der Waals surface area contributed by atoms with Gasteiger partial charge in [0.05, 0.1) is 15.8 Å². The number of nitrogens with two attached hydrogens (primary N) is 1. The molecule has 19 heavy (non-hydrogen) atoms. The summed E-state index contributed by atoms with van der Waals surface area (Å²) in [5.74, 6) is -0.321. The zero-order valence-corrected chi connectivity index (χ0v) is 12.0. The fourth-order valence-corrected chi connectivity index (χ4v) is 2.86. The molecule has 0 radical (unpaired) electrons. The molecule has 1 aliphatic rings. The third-order valence-electron chi connectivity index (χ3n) is 3.54. The molecular weight excluding hydrogens is 307 g/mol. The molecule has 0 aromatic heterocycles. The molecule has 2 nitrogen and oxygen atoms in total. The molecule has 98 valence electrons. The average molecular weight is 321 g/mol. The normalized spacial score (nSPS) is 14.3. The molecule has 3 rings (SSSR count). The Morgan fingerprint density at radius 3 is 2.68 bits per heavy atom. The molecule has 1 aliphatic heterocycles. The fraction of sp³-hybridized carbons (Fsp3) is 0.200. The summed E-state index contributed by atoms with van der Waals surface area (Å²) in [7, 11) is 0. The molecule has 0 saturated heterocycles. The second-order valence-electron chi connectivity index (χ2n) is 4.77. The van der Waals surface area contributed by atoms with Gasteiger partial charge in [0.25, 0.3) is 0 Å². The van der Waals surface area contributed by atoms with Gasteiger partial charge in [-0.05, 0) is 39.5 Å². The maximum atomic E-state index is 13.4. The van der Waals surface area contributed by atoms with E-state index in [2.05, 4.69) is 39.0 Å². The Morgan fingerprint density at radius 2 is 1.89 bits per heavy atom. The third-order valence-corrected chi connectivity index (χ3v) is 4.15. The highest BCUT2D eigenvalue weighted by atomic mass is 79.9. The molecule has 0 atom stereocenters. The van der Waals surface area contributed by atoms with Gasteiger partial charge in [-0.2, -0.15) is 0 Å². The number of nitrogen functional groups attached to an aromatic ring is 1. The lowest BCUT2D eigenvalue weighted by atomic mass is 9.99. The number of nitrogens with zero attached hydrogens (tertiary/aromatic N) is 1. The van der Waals surface area contributed by atoms with E-state index in [9.17, 15) is 4.39 Å². The van der Waals surface area contributed by atoms with E-state index in [4.69, 9.17) is 5.73 Å². The minimum Gasteiger partial charge on any atom is -0.397 e. The maximum absolute atomic E-state index is 13.4. The Morgan fingerprint density at radius 1 is 1.16 bits per heavy atom. The number of benzene rings is 2. The second kappa shape index (κ2) is 4.85. The first kappa shape index (κ1) is 12.5. The lowest BCUT2D eigenvalue weighted by Gasteiger charge is -2.31. The molecule has 1 heterocycles. The Hall–Kier alpha value is -1.55. The van der Waals surface area contributed by atoms with Crippen LogP contribution in [0, 0.1) is 5.82 Å². The van der Waals surface area contributed by atoms with Crippen LogP contribution in [0.3, 0.4) is 0 Å². The molecule has 0 aliphatic carbocycles. The lowest BCUT2D eigenvalue weighted by Crippen LogP contribution is -2.30. The summed E-state index contributed by atoms with van der Waals surface area (Å²) in [5, 5.41) is 0. The number of hydrogen-bond donors (Lipinski definition) is 1. The summed E-state index contributed by atoms with van der Waals surface area (Å²) >= 11 is 3.22. The molecule has 0 unspecified atom stereocenters. The van der Waals surface area contributed by atoms with Crippen molar-refractivity contribution in [2.45, 2.75) is 13.0 Å². The Bertz CT molecular complexity index is 628. The van der Waals surface area contributed by atoms with Crippen molar-refractivity contribution >= 4 is 27.3 Å². The van der Waals surface area contributed by atoms with Crippen molar-refractivity contribution in [3.63, 3.8) is 0 Å². The molecule has 4 heteroatoms. The van der Waals surface area contributed by atoms with Crippen LogP contribution in [0.15, 0.2) is 40.9 Å². The minimum atomic E-state index is -0.321. The van der Waals surface area contributed by atoms with E-state index >= 15 is 0 Å². The number of anilines is 2. The van der Waals surface area contributed by atoms with Gasteiger partial charge in [-0.15, -0.1) is 0 Å². The number of hydrogen-bond acceptors (Lipinski definition) is 2. The zero-order chi connectivity index (χ0) is 13.4. The van der Waals surface area contributed by atoms with Crippen LogP contribution in [0.1, 0.15) is 11.1 Å². The predicted molar refractivity (Wildman–Crippen MR) is 79.7 cm³/mol. The second-order valence-corrected chi connectivity index (χ2v) is 5.62. The monoisotopic (exact) mass is 320 g/mol. The molecule has 0 saturated carbocycles. The molecule has 0 bridgehead atoms. The summed E-state index contributed by atoms with van der Waals surface area (Å²) in [4.78, 5) is 2.20. The van der Waals surface area contributed by atoms with Crippen LogP contribution < -0.4 is 10.6 Å². The Labute approximate surface area is 120 Å². The van der Waals surface area contributed by atoms with Crippen LogP contribution in [-0.4, -0.2) is 6.54 Å². The van der Waals surface area contributed by atoms with Gasteiger partial charge >= 0.3 is 0 Å². The highest BCUT2D eigenvalue weighted by Crippen LogP contribution is 2.32. The predicted octanol–water partition coefficient (Wildman–Crippen LogP) is 3.73. The van der Waals surface area contributed by atoms with E-state index in [-0.39, 0.29) is 5.82 Å². The standard InChI is InChI=1S/C15H14BrFN2/c16-12-7-15(14(18)8-13(12)17)19-6-5-10-3-1-2-4-11(10)9-19/h1-4,7-8H,5-6,9,18H2. The van der Waals surface area contributed by atoms with Crippen molar-refractivity contribution in [3.8, 4) is 0 Å². The van der Waals surface area contributed by atoms with Crippen LogP contribution in [0.5, 0.6) is 0 Å². The van der Waals surface area contributed by atoms with Gasteiger partial charge < -0.3 is 10.6 Å². The largest absolute Gasteiger partial charge is 0.397 e. The van der Waals surface area contributed by atoms with Crippen LogP contribution in [0.4, 0.5) is 15.8 Å². The van der Waals surface area contributed by atoms with Crippen molar-refractivity contribution in [3.05, 3.63) is 57.8 Å². The fourth-order valence-electron chi connectivity index (χ4n) is 2.53. The Kier molecular flexibility index (Phi) is 3.19. The summed E-state index contributed by atoms with van der Waals surface area (Å²) in [5.41, 5.74) is 10.0.